The second-order valence-electron chi connectivity index (χ2n) is 7.13. The van der Waals surface area contributed by atoms with Crippen LogP contribution in [0.1, 0.15) is 18.4 Å². The molecule has 0 aliphatic carbocycles. The lowest BCUT2D eigenvalue weighted by molar-refractivity contribution is 0.112. The summed E-state index contributed by atoms with van der Waals surface area (Å²) in [7, 11) is 1.75. The molecule has 28 heavy (non-hydrogen) atoms. The first kappa shape index (κ1) is 19.1. The molecule has 0 amide bonds. The molecule has 1 aromatic heterocycles. The predicted octanol–water partition coefficient (Wildman–Crippen LogP) is 4.94. The van der Waals surface area contributed by atoms with Gasteiger partial charge in [0.1, 0.15) is 5.82 Å². The Morgan fingerprint density at radius 2 is 1.96 bits per heavy atom. The van der Waals surface area contributed by atoms with Gasteiger partial charge in [-0.15, -0.1) is 0 Å². The van der Waals surface area contributed by atoms with Gasteiger partial charge < -0.3 is 4.74 Å². The van der Waals surface area contributed by atoms with Crippen LogP contribution in [0.15, 0.2) is 54.7 Å². The number of aromatic nitrogens is 2. The second-order valence-corrected chi connectivity index (χ2v) is 7.53. The fourth-order valence-electron chi connectivity index (χ4n) is 3.83. The largest absolute Gasteiger partial charge is 0.383 e. The van der Waals surface area contributed by atoms with Crippen molar-refractivity contribution in [3.63, 3.8) is 0 Å². The lowest BCUT2D eigenvalue weighted by atomic mass is 10.1. The van der Waals surface area contributed by atoms with Gasteiger partial charge in [0, 0.05) is 37.0 Å². The first-order valence-electron chi connectivity index (χ1n) is 9.48. The summed E-state index contributed by atoms with van der Waals surface area (Å²) in [5.41, 5.74) is 3.68. The molecule has 0 radical (unpaired) electrons. The van der Waals surface area contributed by atoms with Gasteiger partial charge in [-0.05, 0) is 49.7 Å². The fraction of sp³-hybridized carbons (Fsp3) is 0.318. The molecule has 6 heteroatoms. The van der Waals surface area contributed by atoms with Crippen molar-refractivity contribution in [2.45, 2.75) is 25.4 Å². The summed E-state index contributed by atoms with van der Waals surface area (Å²) in [5.74, 6) is -0.262. The standard InChI is InChI=1S/C22H23ClFN3O/c1-28-15-19-5-4-12-26(19)13-16-14-27(18-10-8-17(24)9-11-18)25-22(16)20-6-2-3-7-21(20)23/h2-3,6-11,14,19H,4-5,12-13,15H2,1H3/t19-/m0/s1. The number of nitrogens with zero attached hydrogens (tertiary/aromatic N) is 3. The van der Waals surface area contributed by atoms with Gasteiger partial charge in [0.05, 0.1) is 23.0 Å². The highest BCUT2D eigenvalue weighted by atomic mass is 35.5. The van der Waals surface area contributed by atoms with E-state index in [1.54, 1.807) is 23.9 Å². The average molecular weight is 400 g/mol. The summed E-state index contributed by atoms with van der Waals surface area (Å²) in [5, 5.41) is 5.48. The van der Waals surface area contributed by atoms with Crippen molar-refractivity contribution >= 4 is 11.6 Å². The molecule has 146 valence electrons. The summed E-state index contributed by atoms with van der Waals surface area (Å²) in [6, 6.07) is 14.5. The number of methoxy groups -OCH3 is 1. The third kappa shape index (κ3) is 3.97. The fourth-order valence-corrected chi connectivity index (χ4v) is 4.06. The highest BCUT2D eigenvalue weighted by Crippen LogP contribution is 2.32. The van der Waals surface area contributed by atoms with E-state index in [2.05, 4.69) is 4.90 Å². The van der Waals surface area contributed by atoms with Crippen LogP contribution in [0.5, 0.6) is 0 Å². The van der Waals surface area contributed by atoms with Gasteiger partial charge in [-0.25, -0.2) is 9.07 Å². The number of hydrogen-bond acceptors (Lipinski definition) is 3. The molecule has 0 bridgehead atoms. The van der Waals surface area contributed by atoms with E-state index in [0.29, 0.717) is 11.1 Å². The van der Waals surface area contributed by atoms with Gasteiger partial charge in [0.2, 0.25) is 0 Å². The molecule has 1 aliphatic heterocycles. The van der Waals surface area contributed by atoms with E-state index in [0.717, 1.165) is 48.6 Å². The zero-order valence-electron chi connectivity index (χ0n) is 15.8. The number of likely N-dealkylation sites (tertiary alicyclic amines) is 1. The van der Waals surface area contributed by atoms with Crippen LogP contribution in [0.4, 0.5) is 4.39 Å². The molecule has 2 aromatic carbocycles. The molecule has 0 unspecified atom stereocenters. The van der Waals surface area contributed by atoms with Crippen LogP contribution in [0.25, 0.3) is 16.9 Å². The van der Waals surface area contributed by atoms with Gasteiger partial charge in [-0.3, -0.25) is 4.90 Å². The smallest absolute Gasteiger partial charge is 0.123 e. The molecule has 0 saturated carbocycles. The molecule has 3 aromatic rings. The maximum Gasteiger partial charge on any atom is 0.123 e. The maximum atomic E-state index is 13.3. The number of hydrogen-bond donors (Lipinski definition) is 0. The Morgan fingerprint density at radius 3 is 2.71 bits per heavy atom. The average Bonchev–Trinajstić information content (AvgIpc) is 3.31. The van der Waals surface area contributed by atoms with Gasteiger partial charge in [0.15, 0.2) is 0 Å². The van der Waals surface area contributed by atoms with Crippen LogP contribution in [0, 0.1) is 5.82 Å². The van der Waals surface area contributed by atoms with Crippen molar-refractivity contribution in [2.75, 3.05) is 20.3 Å². The van der Waals surface area contributed by atoms with Crippen LogP contribution in [0.2, 0.25) is 5.02 Å². The zero-order chi connectivity index (χ0) is 19.5. The van der Waals surface area contributed by atoms with E-state index in [9.17, 15) is 4.39 Å². The molecule has 0 spiro atoms. The van der Waals surface area contributed by atoms with Crippen LogP contribution in [-0.4, -0.2) is 41.0 Å². The third-order valence-electron chi connectivity index (χ3n) is 5.24. The minimum Gasteiger partial charge on any atom is -0.383 e. The molecule has 1 fully saturated rings. The topological polar surface area (TPSA) is 30.3 Å². The van der Waals surface area contributed by atoms with Crippen LogP contribution in [-0.2, 0) is 11.3 Å². The highest BCUT2D eigenvalue weighted by molar-refractivity contribution is 6.33. The molecule has 1 saturated heterocycles. The van der Waals surface area contributed by atoms with Crippen molar-refractivity contribution in [3.05, 3.63) is 71.1 Å². The van der Waals surface area contributed by atoms with Crippen molar-refractivity contribution in [1.29, 1.82) is 0 Å². The monoisotopic (exact) mass is 399 g/mol. The number of rotatable bonds is 6. The minimum atomic E-state index is -0.262. The lowest BCUT2D eigenvalue weighted by Crippen LogP contribution is -2.32. The molecule has 4 rings (SSSR count). The summed E-state index contributed by atoms with van der Waals surface area (Å²) in [6.45, 7) is 2.54. The molecule has 0 N–H and O–H groups in total. The van der Waals surface area contributed by atoms with E-state index in [-0.39, 0.29) is 5.82 Å². The first-order chi connectivity index (χ1) is 13.7. The Kier molecular flexibility index (Phi) is 5.76. The molecule has 1 atom stereocenters. The Morgan fingerprint density at radius 1 is 1.18 bits per heavy atom. The van der Waals surface area contributed by atoms with Crippen molar-refractivity contribution in [3.8, 4) is 16.9 Å². The molecular weight excluding hydrogens is 377 g/mol. The molecule has 2 heterocycles. The zero-order valence-corrected chi connectivity index (χ0v) is 16.6. The van der Waals surface area contributed by atoms with Gasteiger partial charge in [-0.1, -0.05) is 29.8 Å². The molecule has 4 nitrogen and oxygen atoms in total. The van der Waals surface area contributed by atoms with Gasteiger partial charge in [0.25, 0.3) is 0 Å². The van der Waals surface area contributed by atoms with Crippen molar-refractivity contribution < 1.29 is 9.13 Å². The minimum absolute atomic E-state index is 0.262. The number of halogens is 2. The molecular formula is C22H23ClFN3O. The third-order valence-corrected chi connectivity index (χ3v) is 5.57. The van der Waals surface area contributed by atoms with Crippen molar-refractivity contribution in [1.82, 2.24) is 14.7 Å². The summed E-state index contributed by atoms with van der Waals surface area (Å²) in [4.78, 5) is 2.44. The quantitative estimate of drug-likeness (QED) is 0.588. The van der Waals surface area contributed by atoms with Gasteiger partial charge in [-0.2, -0.15) is 5.10 Å². The lowest BCUT2D eigenvalue weighted by Gasteiger charge is -2.23. The van der Waals surface area contributed by atoms with Gasteiger partial charge >= 0.3 is 0 Å². The van der Waals surface area contributed by atoms with E-state index in [1.807, 2.05) is 30.5 Å². The summed E-state index contributed by atoms with van der Waals surface area (Å²) in [6.07, 6.45) is 4.33. The Bertz CT molecular complexity index is 941. The number of ether oxygens (including phenoxy) is 1. The normalized spacial score (nSPS) is 17.3. The van der Waals surface area contributed by atoms with E-state index in [4.69, 9.17) is 21.4 Å². The molecule has 1 aliphatic rings. The van der Waals surface area contributed by atoms with E-state index < -0.39 is 0 Å². The van der Waals surface area contributed by atoms with Crippen LogP contribution in [0.3, 0.4) is 0 Å². The van der Waals surface area contributed by atoms with Crippen LogP contribution < -0.4 is 0 Å². The highest BCUT2D eigenvalue weighted by Gasteiger charge is 2.26. The van der Waals surface area contributed by atoms with Crippen molar-refractivity contribution in [2.24, 2.45) is 0 Å². The SMILES string of the molecule is COC[C@@H]1CCCN1Cc1cn(-c2ccc(F)cc2)nc1-c1ccccc1Cl. The Hall–Kier alpha value is -2.21. The van der Waals surface area contributed by atoms with E-state index in [1.165, 1.54) is 18.6 Å². The Balaban J connectivity index is 1.73. The van der Waals surface area contributed by atoms with E-state index >= 15 is 0 Å². The second kappa shape index (κ2) is 8.43. The summed E-state index contributed by atoms with van der Waals surface area (Å²) >= 11 is 6.47. The Labute approximate surface area is 169 Å². The van der Waals surface area contributed by atoms with Crippen LogP contribution >= 0.6 is 11.6 Å². The first-order valence-corrected chi connectivity index (χ1v) is 9.86. The maximum absolute atomic E-state index is 13.3. The summed E-state index contributed by atoms with van der Waals surface area (Å²) < 4.78 is 20.5. The predicted molar refractivity (Wildman–Crippen MR) is 109 cm³/mol. The number of benzene rings is 2.